The van der Waals surface area contributed by atoms with Crippen LogP contribution in [0, 0.1) is 12.8 Å². The van der Waals surface area contributed by atoms with Crippen LogP contribution in [0.4, 0.5) is 0 Å². The van der Waals surface area contributed by atoms with Crippen molar-refractivity contribution in [3.63, 3.8) is 0 Å². The first-order chi connectivity index (χ1) is 8.54. The van der Waals surface area contributed by atoms with E-state index in [-0.39, 0.29) is 5.91 Å². The van der Waals surface area contributed by atoms with Crippen molar-refractivity contribution in [1.29, 1.82) is 0 Å². The molecule has 0 heterocycles. The molecule has 18 heavy (non-hydrogen) atoms. The lowest BCUT2D eigenvalue weighted by molar-refractivity contribution is -0.128. The zero-order valence-corrected chi connectivity index (χ0v) is 11.7. The first-order valence-electron chi connectivity index (χ1n) is 6.54. The molecule has 0 aromatic heterocycles. The fraction of sp³-hybridized carbons (Fsp3) is 0.533. The third-order valence-corrected chi connectivity index (χ3v) is 2.71. The molecule has 3 nitrogen and oxygen atoms in total. The van der Waals surface area contributed by atoms with Gasteiger partial charge in [0.15, 0.2) is 6.10 Å². The quantitative estimate of drug-likeness (QED) is 0.841. The van der Waals surface area contributed by atoms with Crippen molar-refractivity contribution in [1.82, 2.24) is 5.32 Å². The van der Waals surface area contributed by atoms with Gasteiger partial charge in [-0.15, -0.1) is 0 Å². The molecule has 0 aliphatic heterocycles. The van der Waals surface area contributed by atoms with Gasteiger partial charge in [-0.2, -0.15) is 0 Å². The minimum atomic E-state index is -0.412. The second kappa shape index (κ2) is 7.04. The highest BCUT2D eigenvalue weighted by atomic mass is 16.5. The molecule has 100 valence electrons. The molecular weight excluding hydrogens is 226 g/mol. The molecular formula is C15H23NO2. The van der Waals surface area contributed by atoms with Gasteiger partial charge in [-0.25, -0.2) is 0 Å². The van der Waals surface area contributed by atoms with E-state index in [0.717, 1.165) is 11.3 Å². The molecule has 0 radical (unpaired) electrons. The maximum absolute atomic E-state index is 12.0. The van der Waals surface area contributed by atoms with Gasteiger partial charge >= 0.3 is 0 Å². The number of hydrogen-bond donors (Lipinski definition) is 1. The molecule has 0 saturated carbocycles. The minimum Gasteiger partial charge on any atom is -0.480 e. The Kier molecular flexibility index (Phi) is 5.69. The SMILES string of the molecule is CC[C@H](Oc1ccccc1C)C(=O)NCC(C)C. The normalized spacial score (nSPS) is 12.3. The molecule has 3 heteroatoms. The number of hydrogen-bond acceptors (Lipinski definition) is 2. The molecule has 1 N–H and O–H groups in total. The smallest absolute Gasteiger partial charge is 0.261 e. The van der Waals surface area contributed by atoms with E-state index < -0.39 is 6.10 Å². The van der Waals surface area contributed by atoms with E-state index in [9.17, 15) is 4.79 Å². The molecule has 1 aromatic rings. The van der Waals surface area contributed by atoms with Crippen molar-refractivity contribution < 1.29 is 9.53 Å². The van der Waals surface area contributed by atoms with E-state index in [4.69, 9.17) is 4.74 Å². The summed E-state index contributed by atoms with van der Waals surface area (Å²) in [6.45, 7) is 8.77. The van der Waals surface area contributed by atoms with E-state index in [0.29, 0.717) is 18.9 Å². The minimum absolute atomic E-state index is 0.0329. The maximum atomic E-state index is 12.0. The number of benzene rings is 1. The Bertz CT molecular complexity index is 388. The molecule has 0 fully saturated rings. The number of aryl methyl sites for hydroxylation is 1. The first-order valence-corrected chi connectivity index (χ1v) is 6.54. The van der Waals surface area contributed by atoms with Crippen LogP contribution in [0.15, 0.2) is 24.3 Å². The predicted octanol–water partition coefficient (Wildman–Crippen LogP) is 2.92. The summed E-state index contributed by atoms with van der Waals surface area (Å²) in [4.78, 5) is 12.0. The van der Waals surface area contributed by atoms with Gasteiger partial charge in [0.1, 0.15) is 5.75 Å². The van der Waals surface area contributed by atoms with Crippen molar-refractivity contribution in [3.05, 3.63) is 29.8 Å². The Morgan fingerprint density at radius 2 is 2.00 bits per heavy atom. The van der Waals surface area contributed by atoms with Gasteiger partial charge in [0.25, 0.3) is 5.91 Å². The lowest BCUT2D eigenvalue weighted by Gasteiger charge is -2.19. The summed E-state index contributed by atoms with van der Waals surface area (Å²) in [5.41, 5.74) is 1.05. The Balaban J connectivity index is 2.62. The fourth-order valence-electron chi connectivity index (χ4n) is 1.58. The fourth-order valence-corrected chi connectivity index (χ4v) is 1.58. The lowest BCUT2D eigenvalue weighted by atomic mass is 10.2. The highest BCUT2D eigenvalue weighted by Crippen LogP contribution is 2.18. The van der Waals surface area contributed by atoms with Gasteiger partial charge in [0.05, 0.1) is 0 Å². The van der Waals surface area contributed by atoms with Crippen LogP contribution < -0.4 is 10.1 Å². The summed E-state index contributed by atoms with van der Waals surface area (Å²) in [6, 6.07) is 7.75. The van der Waals surface area contributed by atoms with Crippen molar-refractivity contribution >= 4 is 5.91 Å². The van der Waals surface area contributed by atoms with E-state index in [1.165, 1.54) is 0 Å². The molecule has 1 amide bonds. The zero-order chi connectivity index (χ0) is 13.5. The van der Waals surface area contributed by atoms with Crippen LogP contribution in [0.1, 0.15) is 32.8 Å². The van der Waals surface area contributed by atoms with Gasteiger partial charge in [-0.05, 0) is 30.9 Å². The average molecular weight is 249 g/mol. The summed E-state index contributed by atoms with van der Waals surface area (Å²) in [6.07, 6.45) is 0.253. The van der Waals surface area contributed by atoms with Crippen LogP contribution in [0.2, 0.25) is 0 Å². The Labute approximate surface area is 110 Å². The summed E-state index contributed by atoms with van der Waals surface area (Å²) in [5.74, 6) is 1.20. The highest BCUT2D eigenvalue weighted by Gasteiger charge is 2.18. The summed E-state index contributed by atoms with van der Waals surface area (Å²) >= 11 is 0. The number of carbonyl (C=O) groups is 1. The molecule has 0 aliphatic carbocycles. The van der Waals surface area contributed by atoms with Crippen LogP contribution in [0.5, 0.6) is 5.75 Å². The molecule has 1 aromatic carbocycles. The molecule has 1 atom stereocenters. The van der Waals surface area contributed by atoms with Crippen LogP contribution in [0.3, 0.4) is 0 Å². The number of ether oxygens (including phenoxy) is 1. The number of carbonyl (C=O) groups excluding carboxylic acids is 1. The number of para-hydroxylation sites is 1. The maximum Gasteiger partial charge on any atom is 0.261 e. The van der Waals surface area contributed by atoms with Crippen molar-refractivity contribution in [2.45, 2.75) is 40.2 Å². The monoisotopic (exact) mass is 249 g/mol. The molecule has 0 spiro atoms. The molecule has 1 rings (SSSR count). The predicted molar refractivity (Wildman–Crippen MR) is 73.7 cm³/mol. The van der Waals surface area contributed by atoms with Gasteiger partial charge in [0, 0.05) is 6.54 Å². The number of nitrogens with one attached hydrogen (secondary N) is 1. The second-order valence-corrected chi connectivity index (χ2v) is 4.92. The van der Waals surface area contributed by atoms with Crippen LogP contribution in [0.25, 0.3) is 0 Å². The van der Waals surface area contributed by atoms with Gasteiger partial charge in [-0.3, -0.25) is 4.79 Å². The third-order valence-electron chi connectivity index (χ3n) is 2.71. The van der Waals surface area contributed by atoms with Crippen molar-refractivity contribution in [2.24, 2.45) is 5.92 Å². The summed E-state index contributed by atoms with van der Waals surface area (Å²) < 4.78 is 5.78. The number of rotatable bonds is 6. The average Bonchev–Trinajstić information content (AvgIpc) is 2.35. The Hall–Kier alpha value is -1.51. The van der Waals surface area contributed by atoms with E-state index in [2.05, 4.69) is 19.2 Å². The van der Waals surface area contributed by atoms with E-state index in [1.807, 2.05) is 38.1 Å². The largest absolute Gasteiger partial charge is 0.480 e. The topological polar surface area (TPSA) is 38.3 Å². The van der Waals surface area contributed by atoms with Crippen molar-refractivity contribution in [2.75, 3.05) is 6.54 Å². The van der Waals surface area contributed by atoms with Gasteiger partial charge in [0.2, 0.25) is 0 Å². The standard InChI is InChI=1S/C15H23NO2/c1-5-13(15(17)16-10-11(2)3)18-14-9-7-6-8-12(14)4/h6-9,11,13H,5,10H2,1-4H3,(H,16,17)/t13-/m0/s1. The van der Waals surface area contributed by atoms with Crippen molar-refractivity contribution in [3.8, 4) is 5.75 Å². The lowest BCUT2D eigenvalue weighted by Crippen LogP contribution is -2.39. The zero-order valence-electron chi connectivity index (χ0n) is 11.7. The Morgan fingerprint density at radius 1 is 1.33 bits per heavy atom. The first kappa shape index (κ1) is 14.6. The molecule has 0 unspecified atom stereocenters. The van der Waals surface area contributed by atoms with E-state index >= 15 is 0 Å². The second-order valence-electron chi connectivity index (χ2n) is 4.92. The molecule has 0 aliphatic rings. The summed E-state index contributed by atoms with van der Waals surface area (Å²) in [7, 11) is 0. The summed E-state index contributed by atoms with van der Waals surface area (Å²) in [5, 5.41) is 2.91. The van der Waals surface area contributed by atoms with E-state index in [1.54, 1.807) is 0 Å². The molecule has 0 saturated heterocycles. The number of amides is 1. The Morgan fingerprint density at radius 3 is 2.56 bits per heavy atom. The third kappa shape index (κ3) is 4.40. The van der Waals surface area contributed by atoms with Gasteiger partial charge < -0.3 is 10.1 Å². The van der Waals surface area contributed by atoms with Gasteiger partial charge in [-0.1, -0.05) is 39.0 Å². The van der Waals surface area contributed by atoms with Crippen LogP contribution in [-0.2, 0) is 4.79 Å². The molecule has 0 bridgehead atoms. The van der Waals surface area contributed by atoms with Crippen LogP contribution >= 0.6 is 0 Å². The highest BCUT2D eigenvalue weighted by molar-refractivity contribution is 5.81. The van der Waals surface area contributed by atoms with Crippen LogP contribution in [-0.4, -0.2) is 18.6 Å².